The smallest absolute Gasteiger partial charge is 0.337 e. The summed E-state index contributed by atoms with van der Waals surface area (Å²) in [6.45, 7) is 4.74. The minimum atomic E-state index is -0.334. The van der Waals surface area contributed by atoms with E-state index in [-0.39, 0.29) is 5.97 Å². The van der Waals surface area contributed by atoms with Crippen LogP contribution in [0.1, 0.15) is 28.4 Å². The Bertz CT molecular complexity index is 799. The zero-order chi connectivity index (χ0) is 17.1. The molecule has 24 heavy (non-hydrogen) atoms. The predicted octanol–water partition coefficient (Wildman–Crippen LogP) is 3.36. The zero-order valence-corrected chi connectivity index (χ0v) is 14.1. The Labute approximate surface area is 141 Å². The van der Waals surface area contributed by atoms with Gasteiger partial charge < -0.3 is 10.1 Å². The maximum atomic E-state index is 11.8. The number of esters is 1. The lowest BCUT2D eigenvalue weighted by Gasteiger charge is -2.24. The average molecular weight is 323 g/mol. The lowest BCUT2D eigenvalue weighted by atomic mass is 10.1. The van der Waals surface area contributed by atoms with Crippen LogP contribution < -0.4 is 10.7 Å². The molecule has 0 atom stereocenters. The number of aryl methyl sites for hydroxylation is 1. The van der Waals surface area contributed by atoms with Crippen molar-refractivity contribution in [1.82, 2.24) is 10.3 Å². The molecule has 0 aliphatic carbocycles. The average Bonchev–Trinajstić information content (AvgIpc) is 2.94. The molecule has 0 saturated heterocycles. The molecule has 0 fully saturated rings. The molecule has 3 rings (SSSR count). The van der Waals surface area contributed by atoms with Crippen molar-refractivity contribution in [3.05, 3.63) is 70.9 Å². The summed E-state index contributed by atoms with van der Waals surface area (Å²) in [4.78, 5) is 11.8. The third-order valence-electron chi connectivity index (χ3n) is 3.97. The van der Waals surface area contributed by atoms with Crippen LogP contribution in [0.5, 0.6) is 0 Å². The summed E-state index contributed by atoms with van der Waals surface area (Å²) < 4.78 is 4.82. The molecular weight excluding hydrogens is 302 g/mol. The number of hydrazine groups is 1. The third kappa shape index (κ3) is 3.20. The maximum absolute atomic E-state index is 11.8. The Kier molecular flexibility index (Phi) is 4.42. The van der Waals surface area contributed by atoms with Crippen molar-refractivity contribution in [2.75, 3.05) is 19.2 Å². The normalized spacial score (nSPS) is 13.7. The van der Waals surface area contributed by atoms with Gasteiger partial charge in [-0.2, -0.15) is 0 Å². The lowest BCUT2D eigenvalue weighted by molar-refractivity contribution is 0.0600. The highest BCUT2D eigenvalue weighted by Crippen LogP contribution is 2.27. The van der Waals surface area contributed by atoms with Gasteiger partial charge in [-0.25, -0.2) is 4.79 Å². The lowest BCUT2D eigenvalue weighted by Crippen LogP contribution is -2.29. The molecule has 2 aromatic rings. The molecule has 0 amide bonds. The fourth-order valence-electron chi connectivity index (χ4n) is 2.81. The number of hydrogen-bond acceptors (Lipinski definition) is 5. The van der Waals surface area contributed by atoms with E-state index in [0.717, 1.165) is 22.6 Å². The Morgan fingerprint density at radius 1 is 1.17 bits per heavy atom. The highest BCUT2D eigenvalue weighted by molar-refractivity contribution is 5.90. The molecule has 0 unspecified atom stereocenters. The van der Waals surface area contributed by atoms with Crippen molar-refractivity contribution < 1.29 is 9.53 Å². The molecule has 0 saturated carbocycles. The number of anilines is 1. The van der Waals surface area contributed by atoms with Gasteiger partial charge in [0.1, 0.15) is 6.67 Å². The molecule has 124 valence electrons. The summed E-state index contributed by atoms with van der Waals surface area (Å²) in [6.07, 6.45) is 0. The molecule has 0 radical (unpaired) electrons. The standard InChI is InChI=1S/C19H21N3O2/c1-13-6-4-9-17(10-13)21-22-12-20-14(2)18(22)15-7-5-8-16(11-15)19(23)24-3/h4-11,20-21H,12H2,1-3H3. The Morgan fingerprint density at radius 2 is 1.96 bits per heavy atom. The minimum absolute atomic E-state index is 0.334. The van der Waals surface area contributed by atoms with E-state index < -0.39 is 0 Å². The number of methoxy groups -OCH3 is 1. The SMILES string of the molecule is COC(=O)c1cccc(C2=C(C)NCN2Nc2cccc(C)c2)c1. The van der Waals surface area contributed by atoms with E-state index in [2.05, 4.69) is 29.8 Å². The number of nitrogens with zero attached hydrogens (tertiary/aromatic N) is 1. The van der Waals surface area contributed by atoms with Crippen molar-refractivity contribution in [2.45, 2.75) is 13.8 Å². The van der Waals surface area contributed by atoms with Crippen molar-refractivity contribution in [3.8, 4) is 0 Å². The monoisotopic (exact) mass is 323 g/mol. The molecule has 0 spiro atoms. The van der Waals surface area contributed by atoms with E-state index in [1.54, 1.807) is 6.07 Å². The van der Waals surface area contributed by atoms with Gasteiger partial charge in [0.25, 0.3) is 0 Å². The van der Waals surface area contributed by atoms with Gasteiger partial charge >= 0.3 is 5.97 Å². The van der Waals surface area contributed by atoms with E-state index in [1.165, 1.54) is 12.7 Å². The van der Waals surface area contributed by atoms with Crippen molar-refractivity contribution in [2.24, 2.45) is 0 Å². The molecule has 5 nitrogen and oxygen atoms in total. The number of ether oxygens (including phenoxy) is 1. The van der Waals surface area contributed by atoms with Crippen LogP contribution in [0.15, 0.2) is 54.2 Å². The zero-order valence-electron chi connectivity index (χ0n) is 14.1. The summed E-state index contributed by atoms with van der Waals surface area (Å²) >= 11 is 0. The fraction of sp³-hybridized carbons (Fsp3) is 0.211. The van der Waals surface area contributed by atoms with Gasteiger partial charge in [-0.15, -0.1) is 0 Å². The van der Waals surface area contributed by atoms with Crippen LogP contribution in [0.2, 0.25) is 0 Å². The van der Waals surface area contributed by atoms with Crippen LogP contribution >= 0.6 is 0 Å². The van der Waals surface area contributed by atoms with Crippen LogP contribution in [0, 0.1) is 6.92 Å². The first-order valence-corrected chi connectivity index (χ1v) is 7.83. The molecule has 0 bridgehead atoms. The number of rotatable bonds is 4. The third-order valence-corrected chi connectivity index (χ3v) is 3.97. The Morgan fingerprint density at radius 3 is 2.71 bits per heavy atom. The number of allylic oxidation sites excluding steroid dienone is 1. The molecule has 5 heteroatoms. The first kappa shape index (κ1) is 15.9. The number of hydrogen-bond donors (Lipinski definition) is 2. The molecule has 1 aliphatic heterocycles. The summed E-state index contributed by atoms with van der Waals surface area (Å²) in [5.74, 6) is -0.334. The second-order valence-corrected chi connectivity index (χ2v) is 5.79. The molecule has 1 heterocycles. The van der Waals surface area contributed by atoms with E-state index in [4.69, 9.17) is 4.74 Å². The Balaban J connectivity index is 1.90. The second kappa shape index (κ2) is 6.66. The van der Waals surface area contributed by atoms with Gasteiger partial charge in [0.05, 0.1) is 24.1 Å². The van der Waals surface area contributed by atoms with E-state index in [0.29, 0.717) is 12.2 Å². The molecular formula is C19H21N3O2. The highest BCUT2D eigenvalue weighted by atomic mass is 16.5. The number of nitrogens with one attached hydrogen (secondary N) is 2. The first-order valence-electron chi connectivity index (χ1n) is 7.83. The van der Waals surface area contributed by atoms with Gasteiger partial charge in [0, 0.05) is 11.3 Å². The number of benzene rings is 2. The maximum Gasteiger partial charge on any atom is 0.337 e. The first-order chi connectivity index (χ1) is 11.6. The molecule has 0 aromatic heterocycles. The molecule has 2 aromatic carbocycles. The van der Waals surface area contributed by atoms with Gasteiger partial charge in [-0.3, -0.25) is 10.4 Å². The largest absolute Gasteiger partial charge is 0.465 e. The summed E-state index contributed by atoms with van der Waals surface area (Å²) in [5, 5.41) is 5.38. The van der Waals surface area contributed by atoms with Gasteiger partial charge in [0.15, 0.2) is 0 Å². The number of carbonyl (C=O) groups is 1. The fourth-order valence-corrected chi connectivity index (χ4v) is 2.81. The van der Waals surface area contributed by atoms with E-state index in [1.807, 2.05) is 42.3 Å². The number of carbonyl (C=O) groups excluding carboxylic acids is 1. The topological polar surface area (TPSA) is 53.6 Å². The van der Waals surface area contributed by atoms with Crippen molar-refractivity contribution in [3.63, 3.8) is 0 Å². The van der Waals surface area contributed by atoms with Crippen molar-refractivity contribution in [1.29, 1.82) is 0 Å². The highest BCUT2D eigenvalue weighted by Gasteiger charge is 2.22. The van der Waals surface area contributed by atoms with Crippen LogP contribution in [-0.2, 0) is 4.74 Å². The van der Waals surface area contributed by atoms with Crippen molar-refractivity contribution >= 4 is 17.4 Å². The van der Waals surface area contributed by atoms with Crippen LogP contribution in [-0.4, -0.2) is 24.8 Å². The van der Waals surface area contributed by atoms with E-state index >= 15 is 0 Å². The Hall–Kier alpha value is -2.95. The van der Waals surface area contributed by atoms with Gasteiger partial charge in [-0.1, -0.05) is 24.3 Å². The van der Waals surface area contributed by atoms with Crippen LogP contribution in [0.25, 0.3) is 5.70 Å². The predicted molar refractivity (Wildman–Crippen MR) is 95.0 cm³/mol. The second-order valence-electron chi connectivity index (χ2n) is 5.79. The quantitative estimate of drug-likeness (QED) is 0.845. The van der Waals surface area contributed by atoms with Gasteiger partial charge in [0.2, 0.25) is 0 Å². The van der Waals surface area contributed by atoms with E-state index in [9.17, 15) is 4.79 Å². The van der Waals surface area contributed by atoms with Crippen LogP contribution in [0.4, 0.5) is 5.69 Å². The minimum Gasteiger partial charge on any atom is -0.465 e. The molecule has 2 N–H and O–H groups in total. The molecule has 1 aliphatic rings. The summed E-state index contributed by atoms with van der Waals surface area (Å²) in [6, 6.07) is 15.7. The summed E-state index contributed by atoms with van der Waals surface area (Å²) in [5.41, 5.74) is 9.21. The van der Waals surface area contributed by atoms with Gasteiger partial charge in [-0.05, 0) is 43.7 Å². The summed E-state index contributed by atoms with van der Waals surface area (Å²) in [7, 11) is 1.39. The van der Waals surface area contributed by atoms with Crippen LogP contribution in [0.3, 0.4) is 0 Å².